The average Bonchev–Trinajstić information content (AvgIpc) is 3.37. The number of halogens is 2. The molecule has 0 bridgehead atoms. The molecule has 3 aliphatic heterocycles. The van der Waals surface area contributed by atoms with Gasteiger partial charge in [0, 0.05) is 42.6 Å². The molecule has 0 aliphatic carbocycles. The van der Waals surface area contributed by atoms with Gasteiger partial charge < -0.3 is 14.4 Å². The van der Waals surface area contributed by atoms with Crippen molar-refractivity contribution in [3.63, 3.8) is 0 Å². The van der Waals surface area contributed by atoms with Gasteiger partial charge >= 0.3 is 6.09 Å². The second-order valence-corrected chi connectivity index (χ2v) is 12.1. The van der Waals surface area contributed by atoms with Gasteiger partial charge in [-0.1, -0.05) is 35.3 Å². The van der Waals surface area contributed by atoms with E-state index in [1.165, 1.54) is 9.21 Å². The second-order valence-electron chi connectivity index (χ2n) is 9.30. The summed E-state index contributed by atoms with van der Waals surface area (Å²) in [7, 11) is -3.86. The van der Waals surface area contributed by atoms with Crippen LogP contribution in [0.15, 0.2) is 24.3 Å². The van der Waals surface area contributed by atoms with Gasteiger partial charge in [0.1, 0.15) is 6.10 Å². The van der Waals surface area contributed by atoms with E-state index in [0.717, 1.165) is 11.1 Å². The predicted molar refractivity (Wildman–Crippen MR) is 133 cm³/mol. The number of nitrogens with one attached hydrogen (secondary N) is 1. The first kappa shape index (κ1) is 27.2. The van der Waals surface area contributed by atoms with Crippen LogP contribution in [0.25, 0.3) is 5.57 Å². The largest absolute Gasteiger partial charge is 0.444 e. The van der Waals surface area contributed by atoms with Crippen LogP contribution >= 0.6 is 23.2 Å². The Morgan fingerprint density at radius 1 is 1.22 bits per heavy atom. The van der Waals surface area contributed by atoms with Crippen LogP contribution < -0.4 is 5.48 Å². The van der Waals surface area contributed by atoms with Gasteiger partial charge in [-0.3, -0.25) is 10.0 Å². The number of hydrogen-bond acceptors (Lipinski definition) is 7. The van der Waals surface area contributed by atoms with Gasteiger partial charge in [-0.2, -0.15) is 4.31 Å². The number of amides is 2. The molecular weight excluding hydrogens is 533 g/mol. The maximum Gasteiger partial charge on any atom is 0.410 e. The van der Waals surface area contributed by atoms with E-state index in [9.17, 15) is 23.2 Å². The maximum absolute atomic E-state index is 13.4. The summed E-state index contributed by atoms with van der Waals surface area (Å²) in [4.78, 5) is 26.6. The normalized spacial score (nSPS) is 22.7. The fraction of sp³-hybridized carbons (Fsp3) is 0.565. The molecule has 1 aromatic rings. The lowest BCUT2D eigenvalue weighted by Gasteiger charge is -2.40. The Morgan fingerprint density at radius 2 is 1.97 bits per heavy atom. The van der Waals surface area contributed by atoms with Crippen molar-refractivity contribution in [2.24, 2.45) is 5.41 Å². The summed E-state index contributed by atoms with van der Waals surface area (Å²) in [6.07, 6.45) is 2.22. The first-order valence-corrected chi connectivity index (χ1v) is 14.1. The van der Waals surface area contributed by atoms with Crippen molar-refractivity contribution in [3.05, 3.63) is 39.9 Å². The molecule has 3 heterocycles. The molecule has 0 radical (unpaired) electrons. The zero-order valence-corrected chi connectivity index (χ0v) is 21.9. The van der Waals surface area contributed by atoms with E-state index in [-0.39, 0.29) is 45.1 Å². The molecule has 2 fully saturated rings. The Balaban J connectivity index is 1.42. The lowest BCUT2D eigenvalue weighted by molar-refractivity contribution is -0.141. The second kappa shape index (κ2) is 11.2. The van der Waals surface area contributed by atoms with Crippen molar-refractivity contribution >= 4 is 50.8 Å². The van der Waals surface area contributed by atoms with E-state index in [1.54, 1.807) is 29.8 Å². The number of carbonyl (C=O) groups excluding carboxylic acids is 2. The molecule has 0 aromatic heterocycles. The van der Waals surface area contributed by atoms with E-state index in [4.69, 9.17) is 32.7 Å². The van der Waals surface area contributed by atoms with Crippen LogP contribution in [0.2, 0.25) is 10.0 Å². The molecule has 1 atom stereocenters. The summed E-state index contributed by atoms with van der Waals surface area (Å²) < 4.78 is 38.7. The molecule has 0 spiro atoms. The molecule has 2 amide bonds. The first-order chi connectivity index (χ1) is 17.1. The smallest absolute Gasteiger partial charge is 0.410 e. The van der Waals surface area contributed by atoms with Gasteiger partial charge in [0.25, 0.3) is 5.91 Å². The SMILES string of the molecule is O=C(OC1CCOC1)N1CCC(CS(=O)(=O)N2CC=C(c3ccc(Cl)cc3Cl)CC2)(C(=O)NO)CC1. The molecule has 13 heteroatoms. The fourth-order valence-corrected chi connectivity index (χ4v) is 7.34. The van der Waals surface area contributed by atoms with Gasteiger partial charge in [-0.05, 0) is 42.5 Å². The van der Waals surface area contributed by atoms with Gasteiger partial charge in [-0.25, -0.2) is 18.7 Å². The number of rotatable bonds is 6. The van der Waals surface area contributed by atoms with Crippen LogP contribution in [0.1, 0.15) is 31.2 Å². The van der Waals surface area contributed by atoms with Crippen LogP contribution in [0.4, 0.5) is 4.79 Å². The third-order valence-electron chi connectivity index (χ3n) is 7.02. The number of hydroxylamine groups is 1. The maximum atomic E-state index is 13.4. The summed E-state index contributed by atoms with van der Waals surface area (Å²) in [5.74, 6) is -1.25. The zero-order chi connectivity index (χ0) is 25.9. The van der Waals surface area contributed by atoms with Crippen molar-refractivity contribution < 1.29 is 32.7 Å². The van der Waals surface area contributed by atoms with Crippen LogP contribution in [0.5, 0.6) is 0 Å². The Kier molecular flexibility index (Phi) is 8.48. The highest BCUT2D eigenvalue weighted by atomic mass is 35.5. The number of benzene rings is 1. The summed E-state index contributed by atoms with van der Waals surface area (Å²) in [6, 6.07) is 5.18. The minimum atomic E-state index is -3.86. The number of hydrogen-bond donors (Lipinski definition) is 2. The molecule has 198 valence electrons. The van der Waals surface area contributed by atoms with E-state index in [1.807, 2.05) is 0 Å². The van der Waals surface area contributed by atoms with E-state index in [0.29, 0.717) is 36.1 Å². The van der Waals surface area contributed by atoms with Gasteiger partial charge in [-0.15, -0.1) is 0 Å². The van der Waals surface area contributed by atoms with E-state index < -0.39 is 33.2 Å². The molecule has 4 rings (SSSR count). The number of piperidine rings is 1. The highest BCUT2D eigenvalue weighted by Gasteiger charge is 2.47. The fourth-order valence-electron chi connectivity index (χ4n) is 4.83. The lowest BCUT2D eigenvalue weighted by Crippen LogP contribution is -2.54. The molecule has 0 saturated carbocycles. The summed E-state index contributed by atoms with van der Waals surface area (Å²) in [5.41, 5.74) is 1.99. The van der Waals surface area contributed by atoms with E-state index >= 15 is 0 Å². The minimum absolute atomic E-state index is 0.0736. The number of likely N-dealkylation sites (tertiary alicyclic amines) is 1. The van der Waals surface area contributed by atoms with Crippen LogP contribution in [0, 0.1) is 5.41 Å². The summed E-state index contributed by atoms with van der Waals surface area (Å²) >= 11 is 12.3. The Bertz CT molecular complexity index is 1130. The van der Waals surface area contributed by atoms with E-state index in [2.05, 4.69) is 0 Å². The van der Waals surface area contributed by atoms with Crippen molar-refractivity contribution in [3.8, 4) is 0 Å². The highest BCUT2D eigenvalue weighted by Crippen LogP contribution is 2.36. The average molecular weight is 562 g/mol. The minimum Gasteiger partial charge on any atom is -0.444 e. The quantitative estimate of drug-likeness (QED) is 0.404. The van der Waals surface area contributed by atoms with Gasteiger partial charge in [0.15, 0.2) is 0 Å². The molecule has 36 heavy (non-hydrogen) atoms. The third-order valence-corrected chi connectivity index (χ3v) is 9.60. The lowest BCUT2D eigenvalue weighted by atomic mass is 9.79. The Morgan fingerprint density at radius 3 is 2.56 bits per heavy atom. The van der Waals surface area contributed by atoms with Crippen molar-refractivity contribution in [1.82, 2.24) is 14.7 Å². The molecular formula is C23H29Cl2N3O7S. The molecule has 3 aliphatic rings. The molecule has 1 unspecified atom stereocenters. The topological polar surface area (TPSA) is 125 Å². The predicted octanol–water partition coefficient (Wildman–Crippen LogP) is 2.93. The standard InChI is InChI=1S/C23H29Cl2N3O7S/c24-17-1-2-19(20(25)13-17)16-3-8-28(9-4-16)36(32,33)15-23(21(29)26-31)6-10-27(11-7-23)22(30)35-18-5-12-34-14-18/h1-3,13,18,31H,4-12,14-15H2,(H,26,29). The van der Waals surface area contributed by atoms with Crippen LogP contribution in [0.3, 0.4) is 0 Å². The monoisotopic (exact) mass is 561 g/mol. The summed E-state index contributed by atoms with van der Waals surface area (Å²) in [5, 5.41) is 10.4. The number of sulfonamides is 1. The summed E-state index contributed by atoms with van der Waals surface area (Å²) in [6.45, 7) is 1.52. The van der Waals surface area contributed by atoms with Gasteiger partial charge in [0.05, 0.1) is 24.4 Å². The molecule has 1 aromatic carbocycles. The van der Waals surface area contributed by atoms with Crippen LogP contribution in [-0.4, -0.2) is 86.1 Å². The molecule has 2 N–H and O–H groups in total. The number of ether oxygens (including phenoxy) is 2. The van der Waals surface area contributed by atoms with Crippen molar-refractivity contribution in [2.75, 3.05) is 45.1 Å². The zero-order valence-electron chi connectivity index (χ0n) is 19.6. The Hall–Kier alpha value is -1.89. The Labute approximate surface area is 220 Å². The van der Waals surface area contributed by atoms with Gasteiger partial charge in [0.2, 0.25) is 10.0 Å². The molecule has 2 saturated heterocycles. The number of carbonyl (C=O) groups is 2. The van der Waals surface area contributed by atoms with Crippen molar-refractivity contribution in [1.29, 1.82) is 0 Å². The number of nitrogens with zero attached hydrogens (tertiary/aromatic N) is 2. The van der Waals surface area contributed by atoms with Crippen LogP contribution in [-0.2, 0) is 24.3 Å². The third kappa shape index (κ3) is 5.98. The highest BCUT2D eigenvalue weighted by molar-refractivity contribution is 7.89. The molecule has 10 nitrogen and oxygen atoms in total. The first-order valence-electron chi connectivity index (χ1n) is 11.7. The van der Waals surface area contributed by atoms with Crippen molar-refractivity contribution in [2.45, 2.75) is 31.8 Å².